The maximum absolute atomic E-state index is 13.1. The minimum absolute atomic E-state index is 0.0268. The van der Waals surface area contributed by atoms with E-state index in [1.54, 1.807) is 4.57 Å². The Morgan fingerprint density at radius 3 is 2.88 bits per heavy atom. The third-order valence-electron chi connectivity index (χ3n) is 4.49. The summed E-state index contributed by atoms with van der Waals surface area (Å²) >= 11 is 6.93. The molecule has 1 atom stereocenters. The average molecular weight is 358 g/mol. The van der Waals surface area contributed by atoms with E-state index in [-0.39, 0.29) is 11.7 Å². The number of aromatic amines is 1. The number of nitrogens with zero attached hydrogens (tertiary/aromatic N) is 1. The molecule has 1 saturated heterocycles. The summed E-state index contributed by atoms with van der Waals surface area (Å²) in [5.74, 6) is 0. The minimum Gasteiger partial charge on any atom is -0.376 e. The molecule has 3 heterocycles. The molecule has 0 unspecified atom stereocenters. The molecule has 6 heteroatoms. The van der Waals surface area contributed by atoms with Crippen LogP contribution in [0.25, 0.3) is 21.3 Å². The smallest absolute Gasteiger partial charge is 0.263 e. The maximum atomic E-state index is 13.1. The highest BCUT2D eigenvalue weighted by atomic mass is 32.1. The summed E-state index contributed by atoms with van der Waals surface area (Å²) in [5, 5.41) is 2.74. The van der Waals surface area contributed by atoms with E-state index in [9.17, 15) is 4.79 Å². The van der Waals surface area contributed by atoms with Crippen molar-refractivity contribution in [2.45, 2.75) is 32.4 Å². The zero-order valence-electron chi connectivity index (χ0n) is 13.4. The summed E-state index contributed by atoms with van der Waals surface area (Å²) < 4.78 is 7.79. The van der Waals surface area contributed by atoms with Gasteiger partial charge in [-0.3, -0.25) is 9.36 Å². The van der Waals surface area contributed by atoms with E-state index in [1.165, 1.54) is 16.9 Å². The molecular formula is C18H18N2O2S2. The second-order valence-electron chi connectivity index (χ2n) is 6.20. The number of hydrogen-bond acceptors (Lipinski definition) is 4. The topological polar surface area (TPSA) is 47.0 Å². The Bertz CT molecular complexity index is 993. The molecule has 24 heavy (non-hydrogen) atoms. The van der Waals surface area contributed by atoms with Crippen molar-refractivity contribution in [3.05, 3.63) is 50.3 Å². The Balaban J connectivity index is 1.86. The fraction of sp³-hybridized carbons (Fsp3) is 0.333. The van der Waals surface area contributed by atoms with Crippen molar-refractivity contribution >= 4 is 33.8 Å². The van der Waals surface area contributed by atoms with Crippen LogP contribution in [0.5, 0.6) is 0 Å². The van der Waals surface area contributed by atoms with Gasteiger partial charge in [-0.05, 0) is 37.5 Å². The highest BCUT2D eigenvalue weighted by molar-refractivity contribution is 7.71. The number of rotatable bonds is 3. The number of thiophene rings is 1. The first kappa shape index (κ1) is 15.7. The third-order valence-corrected chi connectivity index (χ3v) is 5.71. The second kappa shape index (κ2) is 6.27. The van der Waals surface area contributed by atoms with E-state index < -0.39 is 0 Å². The van der Waals surface area contributed by atoms with Crippen LogP contribution in [0.4, 0.5) is 0 Å². The van der Waals surface area contributed by atoms with Crippen molar-refractivity contribution in [3.63, 3.8) is 0 Å². The van der Waals surface area contributed by atoms with Gasteiger partial charge < -0.3 is 9.72 Å². The predicted molar refractivity (Wildman–Crippen MR) is 100 cm³/mol. The number of hydrogen-bond donors (Lipinski definition) is 1. The van der Waals surface area contributed by atoms with Gasteiger partial charge in [-0.2, -0.15) is 0 Å². The van der Waals surface area contributed by atoms with Crippen molar-refractivity contribution in [1.82, 2.24) is 9.55 Å². The normalized spacial score (nSPS) is 17.6. The van der Waals surface area contributed by atoms with Crippen molar-refractivity contribution in [2.24, 2.45) is 0 Å². The Hall–Kier alpha value is -1.76. The van der Waals surface area contributed by atoms with Gasteiger partial charge in [0.25, 0.3) is 5.56 Å². The van der Waals surface area contributed by atoms with Crippen molar-refractivity contribution in [3.8, 4) is 11.1 Å². The van der Waals surface area contributed by atoms with Crippen LogP contribution in [0.1, 0.15) is 18.4 Å². The second-order valence-corrected chi connectivity index (χ2v) is 7.47. The summed E-state index contributed by atoms with van der Waals surface area (Å²) in [6, 6.07) is 8.24. The van der Waals surface area contributed by atoms with Gasteiger partial charge in [-0.1, -0.05) is 29.8 Å². The lowest BCUT2D eigenvalue weighted by molar-refractivity contribution is 0.0957. The lowest BCUT2D eigenvalue weighted by Crippen LogP contribution is -2.27. The number of aryl methyl sites for hydroxylation is 1. The van der Waals surface area contributed by atoms with E-state index in [4.69, 9.17) is 17.0 Å². The molecule has 0 aliphatic carbocycles. The fourth-order valence-corrected chi connectivity index (χ4v) is 4.44. The number of fused-ring (bicyclic) bond motifs is 1. The fourth-order valence-electron chi connectivity index (χ4n) is 3.16. The molecule has 0 spiro atoms. The van der Waals surface area contributed by atoms with Crippen LogP contribution in [0.15, 0.2) is 34.4 Å². The van der Waals surface area contributed by atoms with Crippen molar-refractivity contribution in [1.29, 1.82) is 0 Å². The Morgan fingerprint density at radius 2 is 2.17 bits per heavy atom. The summed E-state index contributed by atoms with van der Waals surface area (Å²) in [6.07, 6.45) is 2.11. The van der Waals surface area contributed by atoms with Gasteiger partial charge in [-0.25, -0.2) is 0 Å². The molecule has 0 saturated carbocycles. The Kier molecular flexibility index (Phi) is 4.12. The molecule has 1 N–H and O–H groups in total. The summed E-state index contributed by atoms with van der Waals surface area (Å²) in [4.78, 5) is 17.1. The first-order chi connectivity index (χ1) is 11.6. The van der Waals surface area contributed by atoms with E-state index >= 15 is 0 Å². The zero-order valence-corrected chi connectivity index (χ0v) is 15.0. The molecule has 0 radical (unpaired) electrons. The minimum atomic E-state index is -0.0268. The Morgan fingerprint density at radius 1 is 1.38 bits per heavy atom. The SMILES string of the molecule is Cc1ccc(-c2csc3[nH]c(=S)n(C[C@H]4CCCO4)c(=O)c23)cc1. The monoisotopic (exact) mass is 358 g/mol. The number of nitrogens with one attached hydrogen (secondary N) is 1. The molecule has 124 valence electrons. The number of H-pyrrole nitrogens is 1. The number of benzene rings is 1. The molecule has 1 fully saturated rings. The lowest BCUT2D eigenvalue weighted by Gasteiger charge is -2.12. The van der Waals surface area contributed by atoms with E-state index in [1.807, 2.05) is 5.38 Å². The molecular weight excluding hydrogens is 340 g/mol. The van der Waals surface area contributed by atoms with Gasteiger partial charge in [0.15, 0.2) is 4.77 Å². The molecule has 1 aliphatic rings. The van der Waals surface area contributed by atoms with E-state index in [2.05, 4.69) is 36.2 Å². The van der Waals surface area contributed by atoms with Crippen LogP contribution in [0, 0.1) is 11.7 Å². The van der Waals surface area contributed by atoms with E-state index in [0.717, 1.165) is 40.8 Å². The molecule has 1 aromatic carbocycles. The van der Waals surface area contributed by atoms with Gasteiger partial charge in [0, 0.05) is 17.6 Å². The summed E-state index contributed by atoms with van der Waals surface area (Å²) in [7, 11) is 0. The molecule has 4 rings (SSSR count). The summed E-state index contributed by atoms with van der Waals surface area (Å²) in [5.41, 5.74) is 3.19. The standard InChI is InChI=1S/C18H18N2O2S2/c1-11-4-6-12(7-5-11)14-10-24-16-15(14)17(21)20(18(23)19-16)9-13-3-2-8-22-13/h4-7,10,13H,2-3,8-9H2,1H3,(H,19,23)/t13-/m1/s1. The van der Waals surface area contributed by atoms with Crippen LogP contribution in [-0.2, 0) is 11.3 Å². The quantitative estimate of drug-likeness (QED) is 0.711. The van der Waals surface area contributed by atoms with Gasteiger partial charge in [0.2, 0.25) is 0 Å². The molecule has 0 amide bonds. The largest absolute Gasteiger partial charge is 0.376 e. The van der Waals surface area contributed by atoms with E-state index in [0.29, 0.717) is 11.3 Å². The third kappa shape index (κ3) is 2.75. The van der Waals surface area contributed by atoms with Crippen LogP contribution in [0.2, 0.25) is 0 Å². The molecule has 1 aliphatic heterocycles. The van der Waals surface area contributed by atoms with Crippen LogP contribution in [-0.4, -0.2) is 22.3 Å². The maximum Gasteiger partial charge on any atom is 0.263 e. The van der Waals surface area contributed by atoms with Crippen molar-refractivity contribution in [2.75, 3.05) is 6.61 Å². The predicted octanol–water partition coefficient (Wildman–Crippen LogP) is 4.28. The number of ether oxygens (including phenoxy) is 1. The van der Waals surface area contributed by atoms with Gasteiger partial charge >= 0.3 is 0 Å². The molecule has 0 bridgehead atoms. The van der Waals surface area contributed by atoms with Gasteiger partial charge in [0.05, 0.1) is 18.0 Å². The zero-order chi connectivity index (χ0) is 16.7. The van der Waals surface area contributed by atoms with Crippen LogP contribution in [0.3, 0.4) is 0 Å². The first-order valence-corrected chi connectivity index (χ1v) is 9.35. The van der Waals surface area contributed by atoms with Gasteiger partial charge in [-0.15, -0.1) is 11.3 Å². The van der Waals surface area contributed by atoms with Crippen LogP contribution >= 0.6 is 23.6 Å². The highest BCUT2D eigenvalue weighted by Gasteiger charge is 2.19. The lowest BCUT2D eigenvalue weighted by atomic mass is 10.1. The Labute approximate surface area is 148 Å². The van der Waals surface area contributed by atoms with Crippen LogP contribution < -0.4 is 5.56 Å². The first-order valence-electron chi connectivity index (χ1n) is 8.06. The van der Waals surface area contributed by atoms with Crippen molar-refractivity contribution < 1.29 is 4.74 Å². The average Bonchev–Trinajstić information content (AvgIpc) is 3.22. The molecule has 2 aromatic heterocycles. The molecule has 3 aromatic rings. The number of aromatic nitrogens is 2. The highest BCUT2D eigenvalue weighted by Crippen LogP contribution is 2.31. The molecule has 4 nitrogen and oxygen atoms in total. The summed E-state index contributed by atoms with van der Waals surface area (Å²) in [6.45, 7) is 3.35. The van der Waals surface area contributed by atoms with Gasteiger partial charge in [0.1, 0.15) is 4.83 Å².